The number of amides is 1. The Morgan fingerprint density at radius 3 is 1.89 bits per heavy atom. The van der Waals surface area contributed by atoms with E-state index in [2.05, 4.69) is 16.7 Å². The highest BCUT2D eigenvalue weighted by Gasteiger charge is 2.37. The number of primary amides is 1. The summed E-state index contributed by atoms with van der Waals surface area (Å²) in [6.07, 6.45) is -12.5. The molecule has 0 aliphatic carbocycles. The van der Waals surface area contributed by atoms with Crippen LogP contribution in [0.5, 0.6) is 0 Å². The predicted octanol–water partition coefficient (Wildman–Crippen LogP) is 6.47. The summed E-state index contributed by atoms with van der Waals surface area (Å²) in [5.74, 6) is -1.96. The Morgan fingerprint density at radius 2 is 1.49 bits per heavy atom. The molecule has 1 amide bonds. The van der Waals surface area contributed by atoms with Gasteiger partial charge in [-0.3, -0.25) is 9.78 Å². The van der Waals surface area contributed by atoms with Crippen molar-refractivity contribution in [3.8, 4) is 0 Å². The summed E-state index contributed by atoms with van der Waals surface area (Å²) in [5, 5.41) is 4.75. The van der Waals surface area contributed by atoms with Gasteiger partial charge in [-0.25, -0.2) is 5.01 Å². The topological polar surface area (TPSA) is 71.6 Å². The van der Waals surface area contributed by atoms with Gasteiger partial charge in [0.1, 0.15) is 5.69 Å². The number of carbonyl (C=O) groups is 1. The second-order valence-corrected chi connectivity index (χ2v) is 7.83. The molecule has 1 aromatic carbocycles. The van der Waals surface area contributed by atoms with Crippen LogP contribution < -0.4 is 5.73 Å². The zero-order valence-electron chi connectivity index (χ0n) is 19.1. The Morgan fingerprint density at radius 1 is 0.946 bits per heavy atom. The van der Waals surface area contributed by atoms with E-state index in [1.165, 1.54) is 13.8 Å². The molecule has 200 valence electrons. The van der Waals surface area contributed by atoms with Crippen molar-refractivity contribution in [3.63, 3.8) is 0 Å². The maximum Gasteiger partial charge on any atom is 0.433 e. The van der Waals surface area contributed by atoms with Crippen LogP contribution in [-0.4, -0.2) is 21.6 Å². The Kier molecular flexibility index (Phi) is 8.46. The van der Waals surface area contributed by atoms with Gasteiger partial charge in [0.15, 0.2) is 0 Å². The zero-order valence-corrected chi connectivity index (χ0v) is 19.1. The quantitative estimate of drug-likeness (QED) is 0.190. The summed E-state index contributed by atoms with van der Waals surface area (Å²) in [7, 11) is 0. The van der Waals surface area contributed by atoms with Crippen LogP contribution in [0.1, 0.15) is 41.8 Å². The fourth-order valence-corrected chi connectivity index (χ4v) is 3.02. The minimum Gasteiger partial charge on any atom is -0.366 e. The third kappa shape index (κ3) is 7.57. The van der Waals surface area contributed by atoms with Crippen LogP contribution in [0.3, 0.4) is 0 Å². The lowest BCUT2D eigenvalue weighted by atomic mass is 9.95. The standard InChI is InChI=1S/C23H19F9N4O/c1-4-36(11-17(20(33)37)13-5-6-34-18(9-13)23(30,31)32)35-19(12(2)3)14-7-15(21(24,25)26)10-16(8-14)22(27,28)29/h4-12H,1H2,2-3H3,(H2,33,37)/b17-11+,35-19+. The molecule has 0 aliphatic rings. The first kappa shape index (κ1) is 29.4. The van der Waals surface area contributed by atoms with Gasteiger partial charge < -0.3 is 5.73 Å². The van der Waals surface area contributed by atoms with Gasteiger partial charge in [-0.15, -0.1) is 0 Å². The molecule has 1 aromatic heterocycles. The highest BCUT2D eigenvalue weighted by Crippen LogP contribution is 2.37. The van der Waals surface area contributed by atoms with Crippen molar-refractivity contribution in [1.82, 2.24) is 9.99 Å². The second-order valence-electron chi connectivity index (χ2n) is 7.83. The third-order valence-electron chi connectivity index (χ3n) is 4.73. The molecule has 1 heterocycles. The van der Waals surface area contributed by atoms with Crippen LogP contribution in [0.4, 0.5) is 39.5 Å². The number of hydrogen-bond donors (Lipinski definition) is 1. The van der Waals surface area contributed by atoms with E-state index < -0.39 is 58.3 Å². The fraction of sp³-hybridized carbons (Fsp3) is 0.261. The predicted molar refractivity (Wildman–Crippen MR) is 116 cm³/mol. The molecule has 5 nitrogen and oxygen atoms in total. The SMILES string of the molecule is C=CN(/C=C(/C(N)=O)c1ccnc(C(F)(F)F)c1)/N=C(/c1cc(C(F)(F)F)cc(C(F)(F)F)c1)C(C)C. The zero-order chi connectivity index (χ0) is 28.3. The van der Waals surface area contributed by atoms with E-state index in [-0.39, 0.29) is 17.3 Å². The van der Waals surface area contributed by atoms with E-state index in [1.54, 1.807) is 0 Å². The van der Waals surface area contributed by atoms with Crippen molar-refractivity contribution in [2.45, 2.75) is 32.4 Å². The van der Waals surface area contributed by atoms with Crippen molar-refractivity contribution in [2.75, 3.05) is 0 Å². The van der Waals surface area contributed by atoms with Gasteiger partial charge in [-0.1, -0.05) is 20.4 Å². The summed E-state index contributed by atoms with van der Waals surface area (Å²) in [6.45, 7) is 6.28. The largest absolute Gasteiger partial charge is 0.433 e. The Bertz CT molecular complexity index is 1190. The molecule has 37 heavy (non-hydrogen) atoms. The minimum absolute atomic E-state index is 0.0422. The molecule has 0 saturated heterocycles. The summed E-state index contributed by atoms with van der Waals surface area (Å²) >= 11 is 0. The lowest BCUT2D eigenvalue weighted by molar-refractivity contribution is -0.143. The number of hydrazone groups is 1. The molecule has 0 atom stereocenters. The van der Waals surface area contributed by atoms with E-state index in [0.29, 0.717) is 18.2 Å². The molecule has 0 fully saturated rings. The first-order chi connectivity index (χ1) is 16.8. The molecule has 0 saturated carbocycles. The van der Waals surface area contributed by atoms with Crippen molar-refractivity contribution in [2.24, 2.45) is 16.8 Å². The number of pyridine rings is 1. The van der Waals surface area contributed by atoms with Crippen LogP contribution in [0.15, 0.2) is 60.6 Å². The van der Waals surface area contributed by atoms with E-state index >= 15 is 0 Å². The molecule has 0 spiro atoms. The molecule has 0 aliphatic heterocycles. The van der Waals surface area contributed by atoms with E-state index in [9.17, 15) is 44.3 Å². The van der Waals surface area contributed by atoms with Gasteiger partial charge in [0.25, 0.3) is 5.91 Å². The van der Waals surface area contributed by atoms with Crippen LogP contribution >= 0.6 is 0 Å². The van der Waals surface area contributed by atoms with Crippen molar-refractivity contribution < 1.29 is 44.3 Å². The molecule has 0 unspecified atom stereocenters. The molecule has 14 heteroatoms. The fourth-order valence-electron chi connectivity index (χ4n) is 3.02. The normalized spacial score (nSPS) is 13.6. The molecule has 2 N–H and O–H groups in total. The van der Waals surface area contributed by atoms with Crippen LogP contribution in [0.25, 0.3) is 5.57 Å². The van der Waals surface area contributed by atoms with Gasteiger partial charge in [-0.2, -0.15) is 44.6 Å². The number of nitrogens with zero attached hydrogens (tertiary/aromatic N) is 3. The van der Waals surface area contributed by atoms with Gasteiger partial charge in [0.2, 0.25) is 0 Å². The van der Waals surface area contributed by atoms with E-state index in [1.807, 2.05) is 0 Å². The number of halogens is 9. The smallest absolute Gasteiger partial charge is 0.366 e. The summed E-state index contributed by atoms with van der Waals surface area (Å²) in [6, 6.07) is 2.49. The number of hydrogen-bond acceptors (Lipinski definition) is 4. The lowest BCUT2D eigenvalue weighted by Crippen LogP contribution is -2.20. The number of nitrogens with two attached hydrogens (primary N) is 1. The lowest BCUT2D eigenvalue weighted by Gasteiger charge is -2.19. The number of benzene rings is 1. The molecule has 2 aromatic rings. The number of rotatable bonds is 7. The number of carbonyl (C=O) groups excluding carboxylic acids is 1. The van der Waals surface area contributed by atoms with Gasteiger partial charge in [0.05, 0.1) is 22.4 Å². The highest BCUT2D eigenvalue weighted by molar-refractivity contribution is 6.18. The first-order valence-electron chi connectivity index (χ1n) is 10.2. The Balaban J connectivity index is 2.71. The Hall–Kier alpha value is -3.84. The van der Waals surface area contributed by atoms with Crippen molar-refractivity contribution >= 4 is 17.2 Å². The van der Waals surface area contributed by atoms with Gasteiger partial charge in [-0.05, 0) is 47.4 Å². The minimum atomic E-state index is -5.10. The molecular formula is C23H19F9N4O. The second kappa shape index (κ2) is 10.6. The summed E-state index contributed by atoms with van der Waals surface area (Å²) < 4.78 is 119. The molecule has 0 radical (unpaired) electrons. The Labute approximate surface area is 204 Å². The number of alkyl halides is 9. The average Bonchev–Trinajstić information content (AvgIpc) is 2.76. The van der Waals surface area contributed by atoms with Crippen molar-refractivity contribution in [3.05, 3.63) is 83.5 Å². The summed E-state index contributed by atoms with van der Waals surface area (Å²) in [5.41, 5.74) is -0.808. The van der Waals surface area contributed by atoms with Crippen molar-refractivity contribution in [1.29, 1.82) is 0 Å². The van der Waals surface area contributed by atoms with Crippen LogP contribution in [0.2, 0.25) is 0 Å². The van der Waals surface area contributed by atoms with E-state index in [0.717, 1.165) is 29.7 Å². The van der Waals surface area contributed by atoms with Crippen LogP contribution in [0, 0.1) is 5.92 Å². The third-order valence-corrected chi connectivity index (χ3v) is 4.73. The van der Waals surface area contributed by atoms with Gasteiger partial charge in [0, 0.05) is 18.6 Å². The highest BCUT2D eigenvalue weighted by atomic mass is 19.4. The summed E-state index contributed by atoms with van der Waals surface area (Å²) in [4.78, 5) is 15.2. The van der Waals surface area contributed by atoms with E-state index in [4.69, 9.17) is 5.73 Å². The monoisotopic (exact) mass is 538 g/mol. The molecule has 0 bridgehead atoms. The maximum absolute atomic E-state index is 13.3. The van der Waals surface area contributed by atoms with Crippen LogP contribution in [-0.2, 0) is 23.3 Å². The molecular weight excluding hydrogens is 519 g/mol. The average molecular weight is 538 g/mol. The first-order valence-corrected chi connectivity index (χ1v) is 10.2. The number of aromatic nitrogens is 1. The maximum atomic E-state index is 13.3. The molecule has 2 rings (SSSR count). The van der Waals surface area contributed by atoms with Gasteiger partial charge >= 0.3 is 18.5 Å².